The van der Waals surface area contributed by atoms with Gasteiger partial charge in [0.2, 0.25) is 0 Å². The Kier molecular flexibility index (Phi) is 5.02. The van der Waals surface area contributed by atoms with Crippen molar-refractivity contribution in [2.75, 3.05) is 4.90 Å². The molecule has 0 amide bonds. The molecule has 0 bridgehead atoms. The Labute approximate surface area is 278 Å². The molecule has 3 aliphatic rings. The molecule has 0 N–H and O–H groups in total. The summed E-state index contributed by atoms with van der Waals surface area (Å²) in [4.78, 5) is 2.45. The van der Waals surface area contributed by atoms with Crippen molar-refractivity contribution in [3.8, 4) is 11.1 Å². The Morgan fingerprint density at radius 2 is 1.31 bits per heavy atom. The number of hydrogen-bond donors (Lipinski definition) is 0. The molecule has 2 unspecified atom stereocenters. The highest BCUT2D eigenvalue weighted by atomic mass is 16.3. The molecule has 0 saturated heterocycles. The Balaban J connectivity index is 1.19. The third kappa shape index (κ3) is 3.33. The fraction of sp³-hybridized carbons (Fsp3) is 0.111. The Morgan fingerprint density at radius 1 is 0.583 bits per heavy atom. The Bertz CT molecular complexity index is 2730. The molecule has 1 aliphatic heterocycles. The third-order valence-corrected chi connectivity index (χ3v) is 11.3. The van der Waals surface area contributed by atoms with Crippen LogP contribution in [0.1, 0.15) is 42.5 Å². The zero-order valence-corrected chi connectivity index (χ0v) is 26.8. The lowest BCUT2D eigenvalue weighted by Crippen LogP contribution is -2.16. The summed E-state index contributed by atoms with van der Waals surface area (Å²) >= 11 is 0. The van der Waals surface area contributed by atoms with Gasteiger partial charge in [-0.15, -0.1) is 0 Å². The Morgan fingerprint density at radius 3 is 2.25 bits per heavy atom. The number of anilines is 3. The van der Waals surface area contributed by atoms with Crippen LogP contribution in [0.5, 0.6) is 0 Å². The van der Waals surface area contributed by atoms with Crippen molar-refractivity contribution in [3.63, 3.8) is 0 Å². The molecule has 2 atom stereocenters. The fourth-order valence-electron chi connectivity index (χ4n) is 9.10. The van der Waals surface area contributed by atoms with E-state index < -0.39 is 0 Å². The lowest BCUT2D eigenvalue weighted by atomic mass is 9.82. The number of rotatable bonds is 3. The molecular formula is C45H32N2O. The van der Waals surface area contributed by atoms with Crippen molar-refractivity contribution in [1.82, 2.24) is 4.57 Å². The minimum Gasteiger partial charge on any atom is -0.456 e. The van der Waals surface area contributed by atoms with Crippen LogP contribution in [0.4, 0.5) is 17.1 Å². The fourth-order valence-corrected chi connectivity index (χ4v) is 9.10. The van der Waals surface area contributed by atoms with Crippen LogP contribution in [-0.4, -0.2) is 4.57 Å². The van der Waals surface area contributed by atoms with Gasteiger partial charge in [0.15, 0.2) is 0 Å². The van der Waals surface area contributed by atoms with Crippen molar-refractivity contribution < 1.29 is 4.42 Å². The highest BCUT2D eigenvalue weighted by molar-refractivity contribution is 6.12. The van der Waals surface area contributed by atoms with Gasteiger partial charge in [-0.25, -0.2) is 0 Å². The predicted octanol–water partition coefficient (Wildman–Crippen LogP) is 12.2. The molecule has 3 heterocycles. The van der Waals surface area contributed by atoms with Crippen molar-refractivity contribution in [1.29, 1.82) is 0 Å². The summed E-state index contributed by atoms with van der Waals surface area (Å²) in [6.07, 6.45) is 9.16. The summed E-state index contributed by atoms with van der Waals surface area (Å²) in [5, 5.41) is 4.89. The summed E-state index contributed by atoms with van der Waals surface area (Å²) in [6.45, 7) is 4.72. The number of nitrogens with zero attached hydrogens (tertiary/aromatic N) is 2. The molecule has 8 aromatic rings. The number of hydrogen-bond acceptors (Lipinski definition) is 2. The van der Waals surface area contributed by atoms with E-state index >= 15 is 0 Å². The molecule has 2 aliphatic carbocycles. The smallest absolute Gasteiger partial charge is 0.137 e. The van der Waals surface area contributed by atoms with Crippen molar-refractivity contribution in [3.05, 3.63) is 162 Å². The summed E-state index contributed by atoms with van der Waals surface area (Å²) in [5.41, 5.74) is 14.5. The number of fused-ring (bicyclic) bond motifs is 12. The van der Waals surface area contributed by atoms with Gasteiger partial charge in [-0.05, 0) is 76.3 Å². The average Bonchev–Trinajstić information content (AvgIpc) is 3.83. The summed E-state index contributed by atoms with van der Waals surface area (Å²) in [5.74, 6) is 0.296. The van der Waals surface area contributed by atoms with Gasteiger partial charge in [-0.1, -0.05) is 105 Å². The summed E-state index contributed by atoms with van der Waals surface area (Å²) < 4.78 is 9.02. The average molecular weight is 617 g/mol. The molecule has 228 valence electrons. The van der Waals surface area contributed by atoms with E-state index in [0.717, 1.165) is 39.0 Å². The van der Waals surface area contributed by atoms with Crippen LogP contribution in [0.2, 0.25) is 0 Å². The van der Waals surface area contributed by atoms with E-state index in [1.54, 1.807) is 0 Å². The number of furan rings is 1. The first-order valence-electron chi connectivity index (χ1n) is 16.9. The lowest BCUT2D eigenvalue weighted by molar-refractivity contribution is 0.615. The maximum atomic E-state index is 6.46. The van der Waals surface area contributed by atoms with Crippen LogP contribution < -0.4 is 4.90 Å². The van der Waals surface area contributed by atoms with Gasteiger partial charge in [0.25, 0.3) is 0 Å². The molecule has 6 aromatic carbocycles. The van der Waals surface area contributed by atoms with Crippen molar-refractivity contribution in [2.24, 2.45) is 0 Å². The first-order chi connectivity index (χ1) is 23.6. The normalized spacial score (nSPS) is 18.2. The molecule has 3 nitrogen and oxygen atoms in total. The molecule has 3 heteroatoms. The molecule has 2 aromatic heterocycles. The van der Waals surface area contributed by atoms with Gasteiger partial charge in [0, 0.05) is 61.5 Å². The number of para-hydroxylation sites is 2. The van der Waals surface area contributed by atoms with Gasteiger partial charge in [-0.3, -0.25) is 0 Å². The largest absolute Gasteiger partial charge is 0.456 e. The molecule has 0 radical (unpaired) electrons. The van der Waals surface area contributed by atoms with E-state index in [1.165, 1.54) is 49.6 Å². The maximum absolute atomic E-state index is 6.46. The summed E-state index contributed by atoms with van der Waals surface area (Å²) in [7, 11) is 0. The maximum Gasteiger partial charge on any atom is 0.137 e. The third-order valence-electron chi connectivity index (χ3n) is 11.3. The zero-order chi connectivity index (χ0) is 31.7. The topological polar surface area (TPSA) is 21.3 Å². The highest BCUT2D eigenvalue weighted by Crippen LogP contribution is 2.54. The lowest BCUT2D eigenvalue weighted by Gasteiger charge is -2.29. The van der Waals surface area contributed by atoms with E-state index in [1.807, 2.05) is 6.07 Å². The number of allylic oxidation sites excluding steroid dienone is 4. The highest BCUT2D eigenvalue weighted by Gasteiger charge is 2.37. The molecule has 48 heavy (non-hydrogen) atoms. The SMILES string of the molecule is CC1(C)c2ccccc2-c2ccc(N(c3ccc4c(c3)oc3ccccc34)c3cc4c5c(c3)c3ccccc3n5C3C=CC=CC43)cc21. The van der Waals surface area contributed by atoms with Gasteiger partial charge < -0.3 is 13.9 Å². The molecule has 0 saturated carbocycles. The van der Waals surface area contributed by atoms with E-state index in [4.69, 9.17) is 4.42 Å². The number of benzene rings is 6. The van der Waals surface area contributed by atoms with Gasteiger partial charge in [-0.2, -0.15) is 0 Å². The van der Waals surface area contributed by atoms with Crippen LogP contribution in [0.15, 0.2) is 150 Å². The van der Waals surface area contributed by atoms with Gasteiger partial charge in [0.05, 0.1) is 11.6 Å². The van der Waals surface area contributed by atoms with Crippen LogP contribution in [0.25, 0.3) is 54.9 Å². The first-order valence-corrected chi connectivity index (χ1v) is 16.9. The van der Waals surface area contributed by atoms with E-state index in [0.29, 0.717) is 5.92 Å². The number of aromatic nitrogens is 1. The van der Waals surface area contributed by atoms with Crippen LogP contribution in [0, 0.1) is 0 Å². The summed E-state index contributed by atoms with van der Waals surface area (Å²) in [6, 6.07) is 45.0. The second-order valence-corrected chi connectivity index (χ2v) is 14.1. The van der Waals surface area contributed by atoms with E-state index in [9.17, 15) is 0 Å². The second-order valence-electron chi connectivity index (χ2n) is 14.1. The molecular weight excluding hydrogens is 585 g/mol. The predicted molar refractivity (Wildman–Crippen MR) is 199 cm³/mol. The quantitative estimate of drug-likeness (QED) is 0.197. The van der Waals surface area contributed by atoms with Crippen LogP contribution >= 0.6 is 0 Å². The Hall–Kier alpha value is -5.80. The zero-order valence-electron chi connectivity index (χ0n) is 26.8. The molecule has 0 fully saturated rings. The minimum absolute atomic E-state index is 0.103. The first kappa shape index (κ1) is 26.3. The van der Waals surface area contributed by atoms with Gasteiger partial charge >= 0.3 is 0 Å². The van der Waals surface area contributed by atoms with Crippen molar-refractivity contribution >= 4 is 60.8 Å². The van der Waals surface area contributed by atoms with Crippen LogP contribution in [0.3, 0.4) is 0 Å². The van der Waals surface area contributed by atoms with Crippen molar-refractivity contribution in [2.45, 2.75) is 31.2 Å². The second kappa shape index (κ2) is 9.17. The van der Waals surface area contributed by atoms with E-state index in [-0.39, 0.29) is 11.5 Å². The van der Waals surface area contributed by atoms with Crippen LogP contribution in [-0.2, 0) is 5.41 Å². The minimum atomic E-state index is -0.103. The monoisotopic (exact) mass is 616 g/mol. The van der Waals surface area contributed by atoms with E-state index in [2.05, 4.69) is 163 Å². The molecule has 0 spiro atoms. The molecule has 11 rings (SSSR count). The van der Waals surface area contributed by atoms with Gasteiger partial charge in [0.1, 0.15) is 11.2 Å². The standard InChI is InChI=1S/C45H32N2O/c1-45(2)38-15-7-3-11-30(38)31-21-19-27(25-39(31)45)46(28-20-22-35-34-14-6-10-18-42(34)48-43(35)26-28)29-23-36-32-12-4-8-16-40(32)47-41-17-9-5-13-33(41)37(24-29)44(36)47/h3-26,32,40H,1-2H3.